The Labute approximate surface area is 179 Å². The largest absolute Gasteiger partial charge is 0.573 e. The zero-order valence-corrected chi connectivity index (χ0v) is 18.5. The minimum atomic E-state index is -4.78. The summed E-state index contributed by atoms with van der Waals surface area (Å²) < 4.78 is 69.4. The number of sulfonamides is 1. The van der Waals surface area contributed by atoms with E-state index in [1.807, 2.05) is 20.8 Å². The summed E-state index contributed by atoms with van der Waals surface area (Å²) in [6, 6.07) is 10.8. The van der Waals surface area contributed by atoms with Gasteiger partial charge in [0.1, 0.15) is 5.75 Å². The molecule has 0 aliphatic carbocycles. The highest BCUT2D eigenvalue weighted by Gasteiger charge is 2.31. The lowest BCUT2D eigenvalue weighted by Crippen LogP contribution is -2.26. The Hall–Kier alpha value is -2.52. The molecule has 5 nitrogen and oxygen atoms in total. The Morgan fingerprint density at radius 3 is 2.26 bits per heavy atom. The maximum Gasteiger partial charge on any atom is 0.573 e. The molecule has 31 heavy (non-hydrogen) atoms. The molecule has 3 rings (SSSR count). The zero-order chi connectivity index (χ0) is 23.0. The standard InChI is InChI=1S/C22H25F3N2O3S/c1-14-18(19-13-16(30-22(23,24)25)7-10-20(19)27-14)11-12-26-31(28,29)17-8-5-15(6-9-17)21(2,3)4/h5-10,13,26-27H,11-12H2,1-4H3. The highest BCUT2D eigenvalue weighted by molar-refractivity contribution is 7.89. The second kappa shape index (κ2) is 8.20. The fourth-order valence-corrected chi connectivity index (χ4v) is 4.44. The van der Waals surface area contributed by atoms with Gasteiger partial charge in [0, 0.05) is 23.1 Å². The van der Waals surface area contributed by atoms with Crippen molar-refractivity contribution in [3.63, 3.8) is 0 Å². The summed E-state index contributed by atoms with van der Waals surface area (Å²) in [6.45, 7) is 8.03. The molecule has 0 atom stereocenters. The third-order valence-corrected chi connectivity index (χ3v) is 6.50. The van der Waals surface area contributed by atoms with E-state index in [-0.39, 0.29) is 22.6 Å². The number of alkyl halides is 3. The second-order valence-corrected chi connectivity index (χ2v) is 10.2. The van der Waals surface area contributed by atoms with Crippen LogP contribution >= 0.6 is 0 Å². The number of aromatic nitrogens is 1. The minimum Gasteiger partial charge on any atom is -0.406 e. The molecule has 0 saturated heterocycles. The smallest absolute Gasteiger partial charge is 0.406 e. The number of ether oxygens (including phenoxy) is 1. The Morgan fingerprint density at radius 2 is 1.68 bits per heavy atom. The van der Waals surface area contributed by atoms with Gasteiger partial charge in [0.25, 0.3) is 0 Å². The van der Waals surface area contributed by atoms with Gasteiger partial charge in [0.05, 0.1) is 4.90 Å². The number of hydrogen-bond donors (Lipinski definition) is 2. The van der Waals surface area contributed by atoms with Gasteiger partial charge in [0.2, 0.25) is 10.0 Å². The number of halogens is 3. The van der Waals surface area contributed by atoms with E-state index in [1.165, 1.54) is 18.2 Å². The fraction of sp³-hybridized carbons (Fsp3) is 0.364. The number of nitrogens with one attached hydrogen (secondary N) is 2. The van der Waals surface area contributed by atoms with Gasteiger partial charge >= 0.3 is 6.36 Å². The van der Waals surface area contributed by atoms with Crippen molar-refractivity contribution in [1.82, 2.24) is 9.71 Å². The molecule has 9 heteroatoms. The van der Waals surface area contributed by atoms with Crippen molar-refractivity contribution in [2.75, 3.05) is 6.54 Å². The Kier molecular flexibility index (Phi) is 6.12. The highest BCUT2D eigenvalue weighted by Crippen LogP contribution is 2.30. The van der Waals surface area contributed by atoms with Crippen molar-refractivity contribution in [3.05, 3.63) is 59.3 Å². The summed E-state index contributed by atoms with van der Waals surface area (Å²) in [5.74, 6) is -0.320. The second-order valence-electron chi connectivity index (χ2n) is 8.41. The van der Waals surface area contributed by atoms with Crippen LogP contribution in [0.2, 0.25) is 0 Å². The lowest BCUT2D eigenvalue weighted by molar-refractivity contribution is -0.274. The Balaban J connectivity index is 1.75. The lowest BCUT2D eigenvalue weighted by atomic mass is 9.87. The molecule has 0 saturated carbocycles. The molecule has 0 aliphatic rings. The molecule has 0 bridgehead atoms. The maximum atomic E-state index is 12.6. The van der Waals surface area contributed by atoms with E-state index in [4.69, 9.17) is 0 Å². The van der Waals surface area contributed by atoms with Gasteiger partial charge in [-0.3, -0.25) is 0 Å². The molecule has 2 N–H and O–H groups in total. The monoisotopic (exact) mass is 454 g/mol. The van der Waals surface area contributed by atoms with Gasteiger partial charge < -0.3 is 9.72 Å². The van der Waals surface area contributed by atoms with E-state index >= 15 is 0 Å². The molecule has 0 radical (unpaired) electrons. The van der Waals surface area contributed by atoms with Crippen molar-refractivity contribution in [1.29, 1.82) is 0 Å². The van der Waals surface area contributed by atoms with E-state index in [0.29, 0.717) is 17.3 Å². The first-order chi connectivity index (χ1) is 14.3. The number of rotatable bonds is 6. The number of aryl methyl sites for hydroxylation is 1. The van der Waals surface area contributed by atoms with E-state index in [1.54, 1.807) is 31.2 Å². The molecule has 1 heterocycles. The van der Waals surface area contributed by atoms with Crippen LogP contribution in [0.1, 0.15) is 37.6 Å². The minimum absolute atomic E-state index is 0.0860. The van der Waals surface area contributed by atoms with Crippen molar-refractivity contribution < 1.29 is 26.3 Å². The van der Waals surface area contributed by atoms with Crippen LogP contribution in [-0.4, -0.2) is 26.3 Å². The molecule has 0 fully saturated rings. The predicted molar refractivity (Wildman–Crippen MR) is 114 cm³/mol. The number of hydrogen-bond acceptors (Lipinski definition) is 3. The van der Waals surface area contributed by atoms with Gasteiger partial charge in [-0.05, 0) is 60.2 Å². The van der Waals surface area contributed by atoms with Gasteiger partial charge in [-0.25, -0.2) is 13.1 Å². The van der Waals surface area contributed by atoms with E-state index < -0.39 is 16.4 Å². The topological polar surface area (TPSA) is 71.2 Å². The molecule has 3 aromatic rings. The van der Waals surface area contributed by atoms with Crippen LogP contribution in [0.25, 0.3) is 10.9 Å². The number of fused-ring (bicyclic) bond motifs is 1. The van der Waals surface area contributed by atoms with Crippen molar-refractivity contribution >= 4 is 20.9 Å². The van der Waals surface area contributed by atoms with Gasteiger partial charge in [0.15, 0.2) is 0 Å². The number of aromatic amines is 1. The van der Waals surface area contributed by atoms with Gasteiger partial charge in [-0.2, -0.15) is 0 Å². The summed E-state index contributed by atoms with van der Waals surface area (Å²) in [5.41, 5.74) is 3.08. The summed E-state index contributed by atoms with van der Waals surface area (Å²) in [4.78, 5) is 3.27. The molecular formula is C22H25F3N2O3S. The average Bonchev–Trinajstić information content (AvgIpc) is 2.95. The summed E-state index contributed by atoms with van der Waals surface area (Å²) in [7, 11) is -3.71. The van der Waals surface area contributed by atoms with Crippen molar-refractivity contribution in [2.45, 2.75) is 50.8 Å². The third kappa shape index (κ3) is 5.59. The predicted octanol–water partition coefficient (Wildman–Crippen LogP) is 5.19. The Morgan fingerprint density at radius 1 is 1.03 bits per heavy atom. The maximum absolute atomic E-state index is 12.6. The first kappa shape index (κ1) is 23.1. The summed E-state index contributed by atoms with van der Waals surface area (Å²) >= 11 is 0. The van der Waals surface area contributed by atoms with E-state index in [9.17, 15) is 21.6 Å². The third-order valence-electron chi connectivity index (χ3n) is 5.02. The number of benzene rings is 2. The summed E-state index contributed by atoms with van der Waals surface area (Å²) in [6.07, 6.45) is -4.47. The van der Waals surface area contributed by atoms with Crippen LogP contribution in [0.15, 0.2) is 47.4 Å². The molecule has 0 aliphatic heterocycles. The first-order valence-electron chi connectivity index (χ1n) is 9.73. The van der Waals surface area contributed by atoms with Crippen LogP contribution in [-0.2, 0) is 21.9 Å². The number of H-pyrrole nitrogens is 1. The molecule has 1 aromatic heterocycles. The normalized spacial score (nSPS) is 13.0. The molecule has 2 aromatic carbocycles. The van der Waals surface area contributed by atoms with Crippen LogP contribution in [0.3, 0.4) is 0 Å². The SMILES string of the molecule is Cc1[nH]c2ccc(OC(F)(F)F)cc2c1CCNS(=O)(=O)c1ccc(C(C)(C)C)cc1. The molecule has 168 valence electrons. The van der Waals surface area contributed by atoms with Gasteiger partial charge in [-0.15, -0.1) is 13.2 Å². The first-order valence-corrected chi connectivity index (χ1v) is 11.2. The highest BCUT2D eigenvalue weighted by atomic mass is 32.2. The fourth-order valence-electron chi connectivity index (χ4n) is 3.41. The van der Waals surface area contributed by atoms with Crippen LogP contribution in [0, 0.1) is 6.92 Å². The molecule has 0 spiro atoms. The van der Waals surface area contributed by atoms with E-state index in [2.05, 4.69) is 14.4 Å². The lowest BCUT2D eigenvalue weighted by Gasteiger charge is -2.19. The molecular weight excluding hydrogens is 429 g/mol. The Bertz CT molecular complexity index is 1180. The molecule has 0 unspecified atom stereocenters. The van der Waals surface area contributed by atoms with Crippen LogP contribution in [0.5, 0.6) is 5.75 Å². The zero-order valence-electron chi connectivity index (χ0n) is 17.7. The van der Waals surface area contributed by atoms with Gasteiger partial charge in [-0.1, -0.05) is 32.9 Å². The summed E-state index contributed by atoms with van der Waals surface area (Å²) in [5, 5.41) is 0.563. The molecule has 0 amide bonds. The van der Waals surface area contributed by atoms with Crippen LogP contribution < -0.4 is 9.46 Å². The quantitative estimate of drug-likeness (QED) is 0.538. The van der Waals surface area contributed by atoms with Crippen LogP contribution in [0.4, 0.5) is 13.2 Å². The van der Waals surface area contributed by atoms with Crippen molar-refractivity contribution in [3.8, 4) is 5.75 Å². The average molecular weight is 455 g/mol. The van der Waals surface area contributed by atoms with E-state index in [0.717, 1.165) is 16.8 Å². The van der Waals surface area contributed by atoms with Crippen molar-refractivity contribution in [2.24, 2.45) is 0 Å².